The zero-order valence-corrected chi connectivity index (χ0v) is 27.7. The zero-order valence-electron chi connectivity index (χ0n) is 27.7. The van der Waals surface area contributed by atoms with Gasteiger partial charge >= 0.3 is 0 Å². The van der Waals surface area contributed by atoms with Crippen molar-refractivity contribution in [3.8, 4) is 17.2 Å². The lowest BCUT2D eigenvalue weighted by Crippen LogP contribution is -2.17. The molecule has 3 aromatic heterocycles. The van der Waals surface area contributed by atoms with E-state index in [0.29, 0.717) is 45.2 Å². The summed E-state index contributed by atoms with van der Waals surface area (Å²) in [5.74, 6) is 1.05. The van der Waals surface area contributed by atoms with Gasteiger partial charge in [-0.05, 0) is 73.5 Å². The maximum Gasteiger partial charge on any atom is 0.230 e. The Morgan fingerprint density at radius 2 is 1.10 bits per heavy atom. The second kappa shape index (κ2) is 13.6. The average Bonchev–Trinajstić information content (AvgIpc) is 3.99. The minimum atomic E-state index is -0.268. The van der Waals surface area contributed by atoms with Gasteiger partial charge in [0.2, 0.25) is 11.6 Å². The van der Waals surface area contributed by atoms with E-state index in [1.165, 1.54) is 12.8 Å². The van der Waals surface area contributed by atoms with Crippen molar-refractivity contribution < 1.29 is 27.9 Å². The Morgan fingerprint density at radius 1 is 0.620 bits per heavy atom. The van der Waals surface area contributed by atoms with E-state index in [0.717, 1.165) is 35.2 Å². The Hall–Kier alpha value is -6.42. The van der Waals surface area contributed by atoms with Gasteiger partial charge < -0.3 is 39.2 Å². The molecule has 0 spiro atoms. The summed E-state index contributed by atoms with van der Waals surface area (Å²) in [6.45, 7) is 2.11. The number of methoxy groups -OCH3 is 2. The molecule has 1 aliphatic heterocycles. The van der Waals surface area contributed by atoms with E-state index in [2.05, 4.69) is 4.90 Å². The summed E-state index contributed by atoms with van der Waals surface area (Å²) in [6, 6.07) is 29.4. The predicted octanol–water partition coefficient (Wildman–Crippen LogP) is 7.90. The second-order valence-corrected chi connectivity index (χ2v) is 12.0. The number of hydrogen-bond acceptors (Lipinski definition) is 9. The van der Waals surface area contributed by atoms with Gasteiger partial charge in [-0.2, -0.15) is 0 Å². The van der Waals surface area contributed by atoms with Crippen LogP contribution in [0.1, 0.15) is 45.1 Å². The number of nitrogens with two attached hydrogens (primary N) is 2. The first kappa shape index (κ1) is 32.1. The number of ether oxygens (including phenoxy) is 2. The molecular formula is C40H36N4O6. The number of aromatic nitrogens is 1. The van der Waals surface area contributed by atoms with Crippen molar-refractivity contribution in [2.24, 2.45) is 0 Å². The number of ketones is 2. The Morgan fingerprint density at radius 3 is 1.60 bits per heavy atom. The number of rotatable bonds is 8. The summed E-state index contributed by atoms with van der Waals surface area (Å²) in [4.78, 5) is 27.9. The molecule has 4 aromatic carbocycles. The van der Waals surface area contributed by atoms with Gasteiger partial charge in [-0.25, -0.2) is 0 Å². The summed E-state index contributed by atoms with van der Waals surface area (Å²) in [5, 5.41) is 1.50. The minimum Gasteiger partial charge on any atom is -0.497 e. The van der Waals surface area contributed by atoms with Crippen LogP contribution in [0.5, 0.6) is 11.5 Å². The molecule has 7 aromatic rings. The fourth-order valence-corrected chi connectivity index (χ4v) is 6.18. The molecule has 4 heterocycles. The number of nitrogen functional groups attached to an aromatic ring is 2. The topological polar surface area (TPSA) is 139 Å². The molecule has 1 fully saturated rings. The lowest BCUT2D eigenvalue weighted by molar-refractivity contribution is 0.100. The standard InChI is InChI=1S/C20H20N2O3.C20H16N2O3/c2*1-24-15-6-4-5-13(11-15)19(23)20-18(21)16-8-7-14(12-17(16)25-20)22-9-2-3-10-22/h4-8,11-12H,2-3,9-10,21H2,1H3;2-12H,21H2,1H3. The van der Waals surface area contributed by atoms with Crippen LogP contribution in [0.2, 0.25) is 0 Å². The number of furan rings is 2. The quantitative estimate of drug-likeness (QED) is 0.155. The van der Waals surface area contributed by atoms with Gasteiger partial charge in [0.15, 0.2) is 11.5 Å². The summed E-state index contributed by atoms with van der Waals surface area (Å²) < 4.78 is 24.0. The first-order chi connectivity index (χ1) is 24.3. The van der Waals surface area contributed by atoms with Crippen LogP contribution in [0.15, 0.2) is 118 Å². The molecule has 4 N–H and O–H groups in total. The molecule has 0 atom stereocenters. The largest absolute Gasteiger partial charge is 0.497 e. The van der Waals surface area contributed by atoms with Crippen molar-refractivity contribution in [2.75, 3.05) is 43.7 Å². The fourth-order valence-electron chi connectivity index (χ4n) is 6.18. The maximum absolute atomic E-state index is 12.8. The monoisotopic (exact) mass is 668 g/mol. The Labute approximate surface area is 288 Å². The van der Waals surface area contributed by atoms with Crippen molar-refractivity contribution in [3.63, 3.8) is 0 Å². The molecular weight excluding hydrogens is 632 g/mol. The molecule has 8 rings (SSSR count). The van der Waals surface area contributed by atoms with Gasteiger partial charge in [0.1, 0.15) is 22.7 Å². The highest BCUT2D eigenvalue weighted by Crippen LogP contribution is 2.35. The third-order valence-corrected chi connectivity index (χ3v) is 8.87. The Kier molecular flexibility index (Phi) is 8.74. The SMILES string of the molecule is COc1cccc(C(=O)c2oc3cc(-n4cccc4)ccc3c2N)c1.COc1cccc(C(=O)c2oc3cc(N4CCCC4)ccc3c2N)c1. The van der Waals surface area contributed by atoms with Gasteiger partial charge in [-0.1, -0.05) is 24.3 Å². The molecule has 10 nitrogen and oxygen atoms in total. The fraction of sp³-hybridized carbons (Fsp3) is 0.150. The first-order valence-electron chi connectivity index (χ1n) is 16.2. The summed E-state index contributed by atoms with van der Waals surface area (Å²) in [5.41, 5.74) is 17.3. The molecule has 10 heteroatoms. The van der Waals surface area contributed by atoms with E-state index in [4.69, 9.17) is 29.8 Å². The van der Waals surface area contributed by atoms with E-state index < -0.39 is 0 Å². The third kappa shape index (κ3) is 6.14. The number of benzene rings is 4. The van der Waals surface area contributed by atoms with E-state index in [1.807, 2.05) is 65.5 Å². The zero-order chi connectivity index (χ0) is 34.8. The van der Waals surface area contributed by atoms with Crippen LogP contribution in [0.4, 0.5) is 17.1 Å². The van der Waals surface area contributed by atoms with Crippen LogP contribution >= 0.6 is 0 Å². The van der Waals surface area contributed by atoms with Crippen LogP contribution in [0.25, 0.3) is 27.6 Å². The molecule has 0 saturated carbocycles. The number of hydrogen-bond donors (Lipinski definition) is 2. The van der Waals surface area contributed by atoms with Crippen molar-refractivity contribution in [1.82, 2.24) is 4.57 Å². The highest BCUT2D eigenvalue weighted by molar-refractivity contribution is 6.15. The Bertz CT molecular complexity index is 2330. The van der Waals surface area contributed by atoms with Crippen molar-refractivity contribution in [1.29, 1.82) is 0 Å². The van der Waals surface area contributed by atoms with Crippen LogP contribution in [-0.2, 0) is 0 Å². The highest BCUT2D eigenvalue weighted by Gasteiger charge is 2.23. The summed E-state index contributed by atoms with van der Waals surface area (Å²) >= 11 is 0. The van der Waals surface area contributed by atoms with Crippen LogP contribution < -0.4 is 25.8 Å². The van der Waals surface area contributed by atoms with E-state index in [1.54, 1.807) is 62.8 Å². The van der Waals surface area contributed by atoms with Crippen LogP contribution in [0, 0.1) is 0 Å². The van der Waals surface area contributed by atoms with Crippen molar-refractivity contribution in [3.05, 3.63) is 132 Å². The molecule has 1 saturated heterocycles. The van der Waals surface area contributed by atoms with Gasteiger partial charge in [-0.15, -0.1) is 0 Å². The summed E-state index contributed by atoms with van der Waals surface area (Å²) in [7, 11) is 3.13. The normalized spacial score (nSPS) is 12.6. The predicted molar refractivity (Wildman–Crippen MR) is 195 cm³/mol. The number of carbonyl (C=O) groups is 2. The lowest BCUT2D eigenvalue weighted by Gasteiger charge is -2.16. The van der Waals surface area contributed by atoms with E-state index >= 15 is 0 Å². The van der Waals surface area contributed by atoms with Crippen molar-refractivity contribution in [2.45, 2.75) is 12.8 Å². The van der Waals surface area contributed by atoms with Crippen molar-refractivity contribution >= 4 is 50.6 Å². The van der Waals surface area contributed by atoms with Gasteiger partial charge in [0.25, 0.3) is 0 Å². The minimum absolute atomic E-state index is 0.146. The van der Waals surface area contributed by atoms with Gasteiger partial charge in [0, 0.05) is 70.9 Å². The Balaban J connectivity index is 0.000000157. The lowest BCUT2D eigenvalue weighted by atomic mass is 10.1. The molecule has 252 valence electrons. The maximum atomic E-state index is 12.8. The van der Waals surface area contributed by atoms with E-state index in [-0.39, 0.29) is 23.1 Å². The number of nitrogens with zero attached hydrogens (tertiary/aromatic N) is 2. The number of fused-ring (bicyclic) bond motifs is 2. The van der Waals surface area contributed by atoms with Crippen LogP contribution in [-0.4, -0.2) is 43.4 Å². The van der Waals surface area contributed by atoms with Crippen LogP contribution in [0.3, 0.4) is 0 Å². The molecule has 0 radical (unpaired) electrons. The third-order valence-electron chi connectivity index (χ3n) is 8.87. The number of carbonyl (C=O) groups excluding carboxylic acids is 2. The first-order valence-corrected chi connectivity index (χ1v) is 16.2. The molecule has 0 bridgehead atoms. The molecule has 0 amide bonds. The molecule has 50 heavy (non-hydrogen) atoms. The highest BCUT2D eigenvalue weighted by atomic mass is 16.5. The number of anilines is 3. The average molecular weight is 669 g/mol. The smallest absolute Gasteiger partial charge is 0.230 e. The van der Waals surface area contributed by atoms with Gasteiger partial charge in [-0.3, -0.25) is 9.59 Å². The molecule has 0 aliphatic carbocycles. The summed E-state index contributed by atoms with van der Waals surface area (Å²) in [6.07, 6.45) is 6.29. The molecule has 0 unspecified atom stereocenters. The molecule has 1 aliphatic rings. The second-order valence-electron chi connectivity index (χ2n) is 12.0. The van der Waals surface area contributed by atoms with E-state index in [9.17, 15) is 9.59 Å². The van der Waals surface area contributed by atoms with Gasteiger partial charge in [0.05, 0.1) is 25.6 Å².